The van der Waals surface area contributed by atoms with Crippen LogP contribution in [-0.2, 0) is 9.59 Å². The molecule has 0 bridgehead atoms. The molecule has 7 heteroatoms. The van der Waals surface area contributed by atoms with Gasteiger partial charge in [-0.1, -0.05) is 0 Å². The van der Waals surface area contributed by atoms with Crippen molar-refractivity contribution in [2.45, 2.75) is 6.42 Å². The van der Waals surface area contributed by atoms with Crippen LogP contribution in [0.25, 0.3) is 0 Å². The number of carbonyl (C=O) groups excluding carboxylic acids is 1. The summed E-state index contributed by atoms with van der Waals surface area (Å²) < 4.78 is 0. The van der Waals surface area contributed by atoms with E-state index in [0.29, 0.717) is 11.4 Å². The molecule has 0 fully saturated rings. The largest absolute Gasteiger partial charge is 0.480 e. The second-order valence-corrected chi connectivity index (χ2v) is 4.15. The number of nitrogens with one attached hydrogen (secondary N) is 1. The molecule has 19 heavy (non-hydrogen) atoms. The highest BCUT2D eigenvalue weighted by atomic mass is 16.4. The van der Waals surface area contributed by atoms with Gasteiger partial charge in [-0.15, -0.1) is 0 Å². The maximum atomic E-state index is 11.5. The van der Waals surface area contributed by atoms with Crippen LogP contribution in [0.3, 0.4) is 0 Å². The normalized spacial score (nSPS) is 14.3. The number of hydrogen-bond donors (Lipinski definition) is 3. The minimum absolute atomic E-state index is 0.0382. The van der Waals surface area contributed by atoms with Crippen LogP contribution in [0.1, 0.15) is 16.8 Å². The van der Waals surface area contributed by atoms with Crippen molar-refractivity contribution in [2.75, 3.05) is 23.3 Å². The Bertz CT molecular complexity index is 555. The first-order valence-electron chi connectivity index (χ1n) is 5.61. The topological polar surface area (TPSA) is 107 Å². The van der Waals surface area contributed by atoms with Gasteiger partial charge < -0.3 is 20.4 Å². The lowest BCUT2D eigenvalue weighted by Gasteiger charge is -2.22. The van der Waals surface area contributed by atoms with Crippen LogP contribution in [0.4, 0.5) is 11.4 Å². The lowest BCUT2D eigenvalue weighted by atomic mass is 10.1. The van der Waals surface area contributed by atoms with Crippen LogP contribution in [0.2, 0.25) is 0 Å². The van der Waals surface area contributed by atoms with E-state index in [1.54, 1.807) is 0 Å². The van der Waals surface area contributed by atoms with E-state index in [-0.39, 0.29) is 31.0 Å². The third-order valence-electron chi connectivity index (χ3n) is 2.79. The summed E-state index contributed by atoms with van der Waals surface area (Å²) >= 11 is 0. The van der Waals surface area contributed by atoms with Crippen LogP contribution >= 0.6 is 0 Å². The number of carboxylic acids is 2. The SMILES string of the molecule is O=C(O)CN1CCC(=O)Nc2cc(C(=O)O)ccc21. The Morgan fingerprint density at radius 1 is 1.32 bits per heavy atom. The number of aliphatic carboxylic acids is 1. The van der Waals surface area contributed by atoms with Crippen LogP contribution in [0, 0.1) is 0 Å². The van der Waals surface area contributed by atoms with E-state index < -0.39 is 11.9 Å². The van der Waals surface area contributed by atoms with Crippen LogP contribution < -0.4 is 10.2 Å². The fraction of sp³-hybridized carbons (Fsp3) is 0.250. The zero-order valence-electron chi connectivity index (χ0n) is 9.92. The number of nitrogens with zero attached hydrogens (tertiary/aromatic N) is 1. The van der Waals surface area contributed by atoms with Gasteiger partial charge in [-0.3, -0.25) is 9.59 Å². The molecule has 0 spiro atoms. The number of rotatable bonds is 3. The van der Waals surface area contributed by atoms with Gasteiger partial charge in [0, 0.05) is 13.0 Å². The average molecular weight is 264 g/mol. The summed E-state index contributed by atoms with van der Waals surface area (Å²) in [4.78, 5) is 34.8. The molecule has 0 radical (unpaired) electrons. The molecule has 100 valence electrons. The van der Waals surface area contributed by atoms with Crippen molar-refractivity contribution in [3.05, 3.63) is 23.8 Å². The summed E-state index contributed by atoms with van der Waals surface area (Å²) in [6, 6.07) is 4.22. The molecule has 1 aromatic carbocycles. The molecule has 1 aromatic rings. The number of amides is 1. The van der Waals surface area contributed by atoms with Crippen molar-refractivity contribution in [3.63, 3.8) is 0 Å². The number of fused-ring (bicyclic) bond motifs is 1. The molecule has 7 nitrogen and oxygen atoms in total. The predicted molar refractivity (Wildman–Crippen MR) is 66.5 cm³/mol. The second-order valence-electron chi connectivity index (χ2n) is 4.15. The summed E-state index contributed by atoms with van der Waals surface area (Å²) in [6.07, 6.45) is 0.157. The Balaban J connectivity index is 2.43. The van der Waals surface area contributed by atoms with Gasteiger partial charge in [0.1, 0.15) is 6.54 Å². The Hall–Kier alpha value is -2.57. The molecule has 0 saturated heterocycles. The lowest BCUT2D eigenvalue weighted by molar-refractivity contribution is -0.135. The summed E-state index contributed by atoms with van der Waals surface area (Å²) in [5.74, 6) is -2.38. The predicted octanol–water partition coefficient (Wildman–Crippen LogP) is 0.618. The number of anilines is 2. The van der Waals surface area contributed by atoms with E-state index >= 15 is 0 Å². The first-order valence-corrected chi connectivity index (χ1v) is 5.61. The maximum absolute atomic E-state index is 11.5. The molecule has 0 unspecified atom stereocenters. The third-order valence-corrected chi connectivity index (χ3v) is 2.79. The molecule has 1 aliphatic rings. The third kappa shape index (κ3) is 2.82. The van der Waals surface area contributed by atoms with Crippen molar-refractivity contribution in [1.29, 1.82) is 0 Å². The quantitative estimate of drug-likeness (QED) is 0.738. The second kappa shape index (κ2) is 4.97. The molecular formula is C12H12N2O5. The van der Waals surface area contributed by atoms with Crippen molar-refractivity contribution >= 4 is 29.2 Å². The summed E-state index contributed by atoms with van der Waals surface area (Å²) in [5, 5.41) is 20.3. The van der Waals surface area contributed by atoms with E-state index in [0.717, 1.165) is 0 Å². The maximum Gasteiger partial charge on any atom is 0.335 e. The van der Waals surface area contributed by atoms with E-state index in [1.807, 2.05) is 0 Å². The van der Waals surface area contributed by atoms with E-state index in [1.165, 1.54) is 23.1 Å². The van der Waals surface area contributed by atoms with E-state index in [4.69, 9.17) is 10.2 Å². The fourth-order valence-electron chi connectivity index (χ4n) is 1.94. The van der Waals surface area contributed by atoms with Gasteiger partial charge in [0.15, 0.2) is 0 Å². The molecule has 2 rings (SSSR count). The van der Waals surface area contributed by atoms with Crippen LogP contribution in [0.5, 0.6) is 0 Å². The van der Waals surface area contributed by atoms with Gasteiger partial charge >= 0.3 is 11.9 Å². The molecule has 1 amide bonds. The van der Waals surface area contributed by atoms with Gasteiger partial charge in [-0.25, -0.2) is 4.79 Å². The standard InChI is InChI=1S/C12H12N2O5/c15-10-3-4-14(6-11(16)17)9-2-1-7(12(18)19)5-8(9)13-10/h1-2,5H,3-4,6H2,(H,13,15)(H,16,17)(H,18,19). The molecule has 3 N–H and O–H groups in total. The van der Waals surface area contributed by atoms with Gasteiger partial charge in [-0.05, 0) is 18.2 Å². The first-order chi connectivity index (χ1) is 8.97. The zero-order valence-corrected chi connectivity index (χ0v) is 9.92. The van der Waals surface area contributed by atoms with Gasteiger partial charge in [0.05, 0.1) is 16.9 Å². The molecular weight excluding hydrogens is 252 g/mol. The molecule has 1 aliphatic heterocycles. The average Bonchev–Trinajstić information content (AvgIpc) is 2.48. The molecule has 0 atom stereocenters. The fourth-order valence-corrected chi connectivity index (χ4v) is 1.94. The lowest BCUT2D eigenvalue weighted by Crippen LogP contribution is -2.30. The van der Waals surface area contributed by atoms with Crippen molar-refractivity contribution in [1.82, 2.24) is 0 Å². The van der Waals surface area contributed by atoms with Crippen molar-refractivity contribution in [2.24, 2.45) is 0 Å². The molecule has 0 saturated carbocycles. The number of carbonyl (C=O) groups is 3. The number of benzene rings is 1. The van der Waals surface area contributed by atoms with Gasteiger partial charge in [0.2, 0.25) is 5.91 Å². The zero-order chi connectivity index (χ0) is 14.0. The van der Waals surface area contributed by atoms with Crippen LogP contribution in [-0.4, -0.2) is 41.1 Å². The van der Waals surface area contributed by atoms with Gasteiger partial charge in [-0.2, -0.15) is 0 Å². The molecule has 0 aromatic heterocycles. The minimum Gasteiger partial charge on any atom is -0.480 e. The minimum atomic E-state index is -1.11. The van der Waals surface area contributed by atoms with Gasteiger partial charge in [0.25, 0.3) is 0 Å². The monoisotopic (exact) mass is 264 g/mol. The van der Waals surface area contributed by atoms with Crippen molar-refractivity contribution in [3.8, 4) is 0 Å². The Kier molecular flexibility index (Phi) is 3.37. The Labute approximate surface area is 108 Å². The highest BCUT2D eigenvalue weighted by Crippen LogP contribution is 2.29. The summed E-state index contributed by atoms with van der Waals surface area (Å²) in [7, 11) is 0. The Morgan fingerprint density at radius 2 is 2.05 bits per heavy atom. The van der Waals surface area contributed by atoms with E-state index in [2.05, 4.69) is 5.32 Å². The number of carboxylic acid groups (broad SMARTS) is 2. The Morgan fingerprint density at radius 3 is 2.68 bits per heavy atom. The molecule has 0 aliphatic carbocycles. The smallest absolute Gasteiger partial charge is 0.335 e. The first kappa shape index (κ1) is 12.9. The highest BCUT2D eigenvalue weighted by molar-refractivity contribution is 5.99. The number of hydrogen-bond acceptors (Lipinski definition) is 4. The van der Waals surface area contributed by atoms with E-state index in [9.17, 15) is 14.4 Å². The number of aromatic carboxylic acids is 1. The van der Waals surface area contributed by atoms with Crippen molar-refractivity contribution < 1.29 is 24.6 Å². The molecule has 1 heterocycles. The summed E-state index contributed by atoms with van der Waals surface area (Å²) in [5.41, 5.74) is 0.873. The van der Waals surface area contributed by atoms with Crippen LogP contribution in [0.15, 0.2) is 18.2 Å². The highest BCUT2D eigenvalue weighted by Gasteiger charge is 2.21. The summed E-state index contributed by atoms with van der Waals surface area (Å²) in [6.45, 7) is 0.0337.